The molecule has 0 saturated heterocycles. The zero-order valence-electron chi connectivity index (χ0n) is 17.0. The van der Waals surface area contributed by atoms with Crippen molar-refractivity contribution >= 4 is 12.0 Å². The summed E-state index contributed by atoms with van der Waals surface area (Å²) in [5.41, 5.74) is 3.87. The van der Waals surface area contributed by atoms with Crippen LogP contribution in [0.25, 0.3) is 6.08 Å². The number of hydrogen-bond donors (Lipinski definition) is 0. The molecule has 2 aromatic carbocycles. The summed E-state index contributed by atoms with van der Waals surface area (Å²) in [4.78, 5) is 14.3. The number of carbonyl (C=O) groups excluding carboxylic acids is 1. The highest BCUT2D eigenvalue weighted by atomic mass is 16.5. The van der Waals surface area contributed by atoms with Crippen molar-refractivity contribution in [2.75, 3.05) is 14.1 Å². The van der Waals surface area contributed by atoms with E-state index in [0.717, 1.165) is 37.8 Å². The van der Waals surface area contributed by atoms with Crippen molar-refractivity contribution in [2.45, 2.75) is 50.7 Å². The molecule has 0 amide bonds. The van der Waals surface area contributed by atoms with Crippen LogP contribution in [0.4, 0.5) is 0 Å². The van der Waals surface area contributed by atoms with E-state index < -0.39 is 0 Å². The molecule has 1 aliphatic carbocycles. The SMILES string of the molecule is CN(C)Cc1ccc(C2CCC(OC(=O)CC=Cc3ccccc3)CC2)cc1. The lowest BCUT2D eigenvalue weighted by atomic mass is 9.82. The third kappa shape index (κ3) is 6.35. The van der Waals surface area contributed by atoms with Crippen molar-refractivity contribution in [3.63, 3.8) is 0 Å². The summed E-state index contributed by atoms with van der Waals surface area (Å²) in [6, 6.07) is 19.0. The third-order valence-electron chi connectivity index (χ3n) is 5.32. The molecule has 3 nitrogen and oxygen atoms in total. The molecule has 0 aromatic heterocycles. The highest BCUT2D eigenvalue weighted by Gasteiger charge is 2.24. The molecule has 0 unspecified atom stereocenters. The summed E-state index contributed by atoms with van der Waals surface area (Å²) in [7, 11) is 4.18. The lowest BCUT2D eigenvalue weighted by molar-refractivity contribution is -0.149. The first-order valence-electron chi connectivity index (χ1n) is 10.2. The summed E-state index contributed by atoms with van der Waals surface area (Å²) < 4.78 is 5.68. The molecule has 2 aromatic rings. The third-order valence-corrected chi connectivity index (χ3v) is 5.32. The van der Waals surface area contributed by atoms with Gasteiger partial charge in [0.1, 0.15) is 6.10 Å². The molecule has 3 heteroatoms. The highest BCUT2D eigenvalue weighted by molar-refractivity contribution is 5.72. The normalized spacial score (nSPS) is 19.8. The van der Waals surface area contributed by atoms with Crippen LogP contribution in [-0.4, -0.2) is 31.1 Å². The molecule has 0 atom stereocenters. The van der Waals surface area contributed by atoms with E-state index in [9.17, 15) is 4.79 Å². The van der Waals surface area contributed by atoms with Gasteiger partial charge in [0, 0.05) is 6.54 Å². The Hall–Kier alpha value is -2.39. The average molecular weight is 378 g/mol. The number of benzene rings is 2. The zero-order valence-corrected chi connectivity index (χ0v) is 17.0. The van der Waals surface area contributed by atoms with Crippen molar-refractivity contribution in [3.05, 3.63) is 77.4 Å². The van der Waals surface area contributed by atoms with Crippen LogP contribution in [0.5, 0.6) is 0 Å². The van der Waals surface area contributed by atoms with Crippen LogP contribution in [-0.2, 0) is 16.1 Å². The van der Waals surface area contributed by atoms with Gasteiger partial charge in [0.2, 0.25) is 0 Å². The predicted octanol–water partition coefficient (Wildman–Crippen LogP) is 5.42. The molecule has 0 heterocycles. The molecule has 3 rings (SSSR count). The summed E-state index contributed by atoms with van der Waals surface area (Å²) in [5, 5.41) is 0. The van der Waals surface area contributed by atoms with Gasteiger partial charge in [-0.1, -0.05) is 66.7 Å². The van der Waals surface area contributed by atoms with Crippen LogP contribution in [0.15, 0.2) is 60.7 Å². The molecule has 28 heavy (non-hydrogen) atoms. The lowest BCUT2D eigenvalue weighted by Crippen LogP contribution is -2.23. The van der Waals surface area contributed by atoms with E-state index in [1.807, 2.05) is 42.5 Å². The van der Waals surface area contributed by atoms with Gasteiger partial charge in [0.15, 0.2) is 0 Å². The van der Waals surface area contributed by atoms with Gasteiger partial charge in [0.05, 0.1) is 6.42 Å². The smallest absolute Gasteiger partial charge is 0.309 e. The molecule has 0 spiro atoms. The molecular weight excluding hydrogens is 346 g/mol. The number of esters is 1. The fourth-order valence-electron chi connectivity index (χ4n) is 3.86. The average Bonchev–Trinajstić information content (AvgIpc) is 2.70. The molecule has 0 N–H and O–H groups in total. The minimum absolute atomic E-state index is 0.0712. The molecule has 0 radical (unpaired) electrons. The van der Waals surface area contributed by atoms with E-state index in [1.54, 1.807) is 0 Å². The molecule has 1 fully saturated rings. The first kappa shape index (κ1) is 20.3. The van der Waals surface area contributed by atoms with E-state index in [2.05, 4.69) is 43.3 Å². The standard InChI is InChI=1S/C25H31NO2/c1-26(2)19-21-11-13-22(14-12-21)23-15-17-24(18-16-23)28-25(27)10-6-9-20-7-4-3-5-8-20/h3-9,11-14,23-24H,10,15-19H2,1-2H3. The second kappa shape index (κ2) is 10.2. The molecule has 1 saturated carbocycles. The van der Waals surface area contributed by atoms with Crippen LogP contribution in [0.3, 0.4) is 0 Å². The molecular formula is C25H31NO2. The monoisotopic (exact) mass is 377 g/mol. The van der Waals surface area contributed by atoms with E-state index in [4.69, 9.17) is 4.74 Å². The maximum atomic E-state index is 12.1. The summed E-state index contributed by atoms with van der Waals surface area (Å²) in [5.74, 6) is 0.463. The Bertz CT molecular complexity index is 757. The van der Waals surface area contributed by atoms with Crippen LogP contribution in [0, 0.1) is 0 Å². The van der Waals surface area contributed by atoms with Crippen molar-refractivity contribution in [1.29, 1.82) is 0 Å². The van der Waals surface area contributed by atoms with Crippen molar-refractivity contribution in [2.24, 2.45) is 0 Å². The summed E-state index contributed by atoms with van der Waals surface area (Å²) >= 11 is 0. The first-order chi connectivity index (χ1) is 13.6. The van der Waals surface area contributed by atoms with Gasteiger partial charge >= 0.3 is 5.97 Å². The number of rotatable bonds is 7. The summed E-state index contributed by atoms with van der Waals surface area (Å²) in [6.07, 6.45) is 8.35. The predicted molar refractivity (Wildman–Crippen MR) is 115 cm³/mol. The Labute approximate surface area is 169 Å². The van der Waals surface area contributed by atoms with Gasteiger partial charge in [-0.15, -0.1) is 0 Å². The van der Waals surface area contributed by atoms with Gasteiger partial charge in [-0.05, 0) is 62.4 Å². The highest BCUT2D eigenvalue weighted by Crippen LogP contribution is 2.34. The number of carbonyl (C=O) groups is 1. The number of nitrogens with zero attached hydrogens (tertiary/aromatic N) is 1. The molecule has 0 aliphatic heterocycles. The Morgan fingerprint density at radius 2 is 1.68 bits per heavy atom. The Morgan fingerprint density at radius 3 is 2.32 bits per heavy atom. The van der Waals surface area contributed by atoms with E-state index in [1.165, 1.54) is 11.1 Å². The zero-order chi connectivity index (χ0) is 19.8. The van der Waals surface area contributed by atoms with Gasteiger partial charge in [-0.25, -0.2) is 0 Å². The van der Waals surface area contributed by atoms with Crippen molar-refractivity contribution < 1.29 is 9.53 Å². The molecule has 1 aliphatic rings. The minimum atomic E-state index is -0.122. The molecule has 148 valence electrons. The summed E-state index contributed by atoms with van der Waals surface area (Å²) in [6.45, 7) is 0.974. The number of hydrogen-bond acceptors (Lipinski definition) is 3. The first-order valence-corrected chi connectivity index (χ1v) is 10.2. The van der Waals surface area contributed by atoms with Gasteiger partial charge in [0.25, 0.3) is 0 Å². The maximum absolute atomic E-state index is 12.1. The van der Waals surface area contributed by atoms with Gasteiger partial charge < -0.3 is 9.64 Å². The number of ether oxygens (including phenoxy) is 1. The van der Waals surface area contributed by atoms with E-state index in [-0.39, 0.29) is 12.1 Å². The fourth-order valence-corrected chi connectivity index (χ4v) is 3.86. The van der Waals surface area contributed by atoms with Crippen molar-refractivity contribution in [1.82, 2.24) is 4.90 Å². The van der Waals surface area contributed by atoms with E-state index >= 15 is 0 Å². The largest absolute Gasteiger partial charge is 0.462 e. The second-order valence-electron chi connectivity index (χ2n) is 7.96. The van der Waals surface area contributed by atoms with Crippen LogP contribution in [0.1, 0.15) is 54.7 Å². The van der Waals surface area contributed by atoms with Crippen LogP contribution >= 0.6 is 0 Å². The maximum Gasteiger partial charge on any atom is 0.309 e. The Balaban J connectivity index is 1.41. The fraction of sp³-hybridized carbons (Fsp3) is 0.400. The van der Waals surface area contributed by atoms with Crippen LogP contribution in [0.2, 0.25) is 0 Å². The van der Waals surface area contributed by atoms with Gasteiger partial charge in [-0.3, -0.25) is 4.79 Å². The quantitative estimate of drug-likeness (QED) is 0.603. The minimum Gasteiger partial charge on any atom is -0.462 e. The Kier molecular flexibility index (Phi) is 7.44. The molecule has 0 bridgehead atoms. The topological polar surface area (TPSA) is 29.5 Å². The van der Waals surface area contributed by atoms with Gasteiger partial charge in [-0.2, -0.15) is 0 Å². The second-order valence-corrected chi connectivity index (χ2v) is 7.96. The Morgan fingerprint density at radius 1 is 1.00 bits per heavy atom. The van der Waals surface area contributed by atoms with E-state index in [0.29, 0.717) is 12.3 Å². The van der Waals surface area contributed by atoms with Crippen molar-refractivity contribution in [3.8, 4) is 0 Å². The lowest BCUT2D eigenvalue weighted by Gasteiger charge is -2.28. The van der Waals surface area contributed by atoms with Crippen LogP contribution < -0.4 is 0 Å².